The Morgan fingerprint density at radius 1 is 1.14 bits per heavy atom. The number of hydrogen-bond acceptors (Lipinski definition) is 3. The molecule has 3 N–H and O–H groups in total. The molecule has 1 aromatic heterocycles. The zero-order valence-corrected chi connectivity index (χ0v) is 17.4. The average Bonchev–Trinajstić information content (AvgIpc) is 3.33. The molecule has 1 fully saturated rings. The number of ether oxygens (including phenoxy) is 1. The van der Waals surface area contributed by atoms with Crippen LogP contribution in [0, 0.1) is 0 Å². The quantitative estimate of drug-likeness (QED) is 0.620. The van der Waals surface area contributed by atoms with Crippen LogP contribution in [-0.4, -0.2) is 28.7 Å². The summed E-state index contributed by atoms with van der Waals surface area (Å²) in [6, 6.07) is 7.61. The van der Waals surface area contributed by atoms with Gasteiger partial charge in [0.05, 0.1) is 24.0 Å². The van der Waals surface area contributed by atoms with Crippen LogP contribution >= 0.6 is 0 Å². The lowest BCUT2D eigenvalue weighted by molar-refractivity contribution is -0.110. The first kappa shape index (κ1) is 20.9. The fourth-order valence-electron chi connectivity index (χ4n) is 3.93. The molecule has 1 saturated carbocycles. The Morgan fingerprint density at radius 2 is 1.90 bits per heavy atom. The molecular formula is C24H30N2O3. The Morgan fingerprint density at radius 3 is 2.62 bits per heavy atom. The molecule has 5 heteroatoms. The molecular weight excluding hydrogens is 364 g/mol. The van der Waals surface area contributed by atoms with Crippen molar-refractivity contribution in [1.29, 1.82) is 0 Å². The van der Waals surface area contributed by atoms with E-state index in [0.29, 0.717) is 11.3 Å². The molecule has 0 bridgehead atoms. The van der Waals surface area contributed by atoms with Gasteiger partial charge in [0.25, 0.3) is 5.91 Å². The van der Waals surface area contributed by atoms with Gasteiger partial charge in [0.1, 0.15) is 5.75 Å². The monoisotopic (exact) mass is 394 g/mol. The molecule has 5 nitrogen and oxygen atoms in total. The summed E-state index contributed by atoms with van der Waals surface area (Å²) in [5.41, 5.74) is 3.15. The number of methoxy groups -OCH3 is 1. The number of aliphatic hydroxyl groups is 1. The van der Waals surface area contributed by atoms with E-state index in [9.17, 15) is 9.90 Å². The van der Waals surface area contributed by atoms with Gasteiger partial charge >= 0.3 is 0 Å². The minimum atomic E-state index is -0.746. The molecule has 2 aromatic rings. The molecule has 1 aromatic carbocycles. The number of carbonyl (C=O) groups is 1. The normalized spacial score (nSPS) is 18.9. The molecule has 1 amide bonds. The van der Waals surface area contributed by atoms with E-state index >= 15 is 0 Å². The molecule has 0 saturated heterocycles. The van der Waals surface area contributed by atoms with Gasteiger partial charge in [-0.1, -0.05) is 57.4 Å². The third-order valence-corrected chi connectivity index (χ3v) is 5.40. The highest BCUT2D eigenvalue weighted by Gasteiger charge is 2.28. The number of H-pyrrole nitrogens is 1. The number of amides is 1. The van der Waals surface area contributed by atoms with Crippen LogP contribution in [0.5, 0.6) is 5.75 Å². The number of nitrogens with one attached hydrogen (secondary N) is 2. The number of aromatic amines is 1. The van der Waals surface area contributed by atoms with Crippen molar-refractivity contribution < 1.29 is 14.6 Å². The maximum atomic E-state index is 12.6. The second-order valence-corrected chi connectivity index (χ2v) is 7.24. The highest BCUT2D eigenvalue weighted by atomic mass is 16.5. The van der Waals surface area contributed by atoms with Gasteiger partial charge in [-0.05, 0) is 36.6 Å². The molecule has 2 heterocycles. The molecule has 0 atom stereocenters. The standard InChI is InChI=1S/C22H24N2O3.C2H6/c1-27-19-9-13-23-18(19)14-16-20-15(6-5-7-17(20)24-21(16)25)8-12-22(26)10-3-2-4-11-22;1-2/h5-9,12-14,23,26H,2-4,10-11H2,1H3,(H,24,25);1-2H3/b12-8?,16-14-;. The number of aromatic nitrogens is 1. The van der Waals surface area contributed by atoms with Crippen molar-refractivity contribution in [3.8, 4) is 5.75 Å². The summed E-state index contributed by atoms with van der Waals surface area (Å²) < 4.78 is 5.33. The minimum Gasteiger partial charge on any atom is -0.495 e. The summed E-state index contributed by atoms with van der Waals surface area (Å²) in [5.74, 6) is 0.548. The van der Waals surface area contributed by atoms with Gasteiger partial charge in [0.2, 0.25) is 0 Å². The van der Waals surface area contributed by atoms with Crippen molar-refractivity contribution in [2.75, 3.05) is 12.4 Å². The fourth-order valence-corrected chi connectivity index (χ4v) is 3.93. The summed E-state index contributed by atoms with van der Waals surface area (Å²) in [4.78, 5) is 15.7. The summed E-state index contributed by atoms with van der Waals surface area (Å²) in [5, 5.41) is 13.7. The highest BCUT2D eigenvalue weighted by molar-refractivity contribution is 6.35. The maximum absolute atomic E-state index is 12.6. The average molecular weight is 395 g/mol. The van der Waals surface area contributed by atoms with E-state index < -0.39 is 5.60 Å². The topological polar surface area (TPSA) is 74.4 Å². The lowest BCUT2D eigenvalue weighted by Crippen LogP contribution is -2.28. The van der Waals surface area contributed by atoms with E-state index in [-0.39, 0.29) is 5.91 Å². The molecule has 1 aliphatic carbocycles. The van der Waals surface area contributed by atoms with Crippen LogP contribution in [0.4, 0.5) is 5.69 Å². The van der Waals surface area contributed by atoms with Crippen LogP contribution in [-0.2, 0) is 4.79 Å². The SMILES string of the molecule is CC.COc1cc[nH]c1/C=C1\C(=O)Nc2cccc(C=CC3(O)CCCCC3)c21. The summed E-state index contributed by atoms with van der Waals surface area (Å²) in [6.45, 7) is 4.00. The van der Waals surface area contributed by atoms with Crippen LogP contribution in [0.3, 0.4) is 0 Å². The van der Waals surface area contributed by atoms with Crippen molar-refractivity contribution in [1.82, 2.24) is 4.98 Å². The van der Waals surface area contributed by atoms with Crippen molar-refractivity contribution >= 4 is 29.3 Å². The number of benzene rings is 1. The molecule has 154 valence electrons. The summed E-state index contributed by atoms with van der Waals surface area (Å²) in [6.07, 6.45) is 12.3. The van der Waals surface area contributed by atoms with Gasteiger partial charge < -0.3 is 20.1 Å². The number of anilines is 1. The van der Waals surface area contributed by atoms with Gasteiger partial charge in [0, 0.05) is 17.4 Å². The van der Waals surface area contributed by atoms with E-state index in [2.05, 4.69) is 10.3 Å². The van der Waals surface area contributed by atoms with Crippen LogP contribution in [0.2, 0.25) is 0 Å². The lowest BCUT2D eigenvalue weighted by atomic mass is 9.84. The largest absolute Gasteiger partial charge is 0.495 e. The first-order chi connectivity index (χ1) is 14.1. The van der Waals surface area contributed by atoms with Gasteiger partial charge in [-0.15, -0.1) is 0 Å². The van der Waals surface area contributed by atoms with Crippen molar-refractivity contribution in [2.45, 2.75) is 51.6 Å². The summed E-state index contributed by atoms with van der Waals surface area (Å²) in [7, 11) is 1.60. The van der Waals surface area contributed by atoms with Crippen LogP contribution < -0.4 is 10.1 Å². The molecule has 2 aliphatic rings. The fraction of sp³-hybridized carbons (Fsp3) is 0.375. The first-order valence-corrected chi connectivity index (χ1v) is 10.4. The second-order valence-electron chi connectivity index (χ2n) is 7.24. The summed E-state index contributed by atoms with van der Waals surface area (Å²) >= 11 is 0. The number of fused-ring (bicyclic) bond motifs is 1. The van der Waals surface area contributed by atoms with Crippen LogP contribution in [0.15, 0.2) is 36.5 Å². The molecule has 0 radical (unpaired) electrons. The van der Waals surface area contributed by atoms with Crippen molar-refractivity contribution in [3.63, 3.8) is 0 Å². The third kappa shape index (κ3) is 4.46. The maximum Gasteiger partial charge on any atom is 0.256 e. The van der Waals surface area contributed by atoms with E-state index in [1.807, 2.05) is 56.3 Å². The lowest BCUT2D eigenvalue weighted by Gasteiger charge is -2.28. The third-order valence-electron chi connectivity index (χ3n) is 5.40. The Hall–Kier alpha value is -2.79. The van der Waals surface area contributed by atoms with Crippen molar-refractivity contribution in [2.24, 2.45) is 0 Å². The zero-order chi connectivity index (χ0) is 20.9. The van der Waals surface area contributed by atoms with E-state index in [0.717, 1.165) is 48.2 Å². The Labute approximate surface area is 172 Å². The Bertz CT molecular complexity index is 918. The van der Waals surface area contributed by atoms with Gasteiger partial charge in [0.15, 0.2) is 0 Å². The van der Waals surface area contributed by atoms with E-state index in [4.69, 9.17) is 4.74 Å². The zero-order valence-electron chi connectivity index (χ0n) is 17.4. The molecule has 4 rings (SSSR count). The minimum absolute atomic E-state index is 0.140. The highest BCUT2D eigenvalue weighted by Crippen LogP contribution is 2.38. The molecule has 0 spiro atoms. The Kier molecular flexibility index (Phi) is 6.60. The molecule has 1 aliphatic heterocycles. The predicted molar refractivity (Wildman–Crippen MR) is 119 cm³/mol. The number of rotatable bonds is 4. The van der Waals surface area contributed by atoms with Gasteiger partial charge in [-0.25, -0.2) is 0 Å². The number of carbonyl (C=O) groups excluding carboxylic acids is 1. The van der Waals surface area contributed by atoms with Crippen LogP contribution in [0.1, 0.15) is 62.8 Å². The van der Waals surface area contributed by atoms with Crippen molar-refractivity contribution in [3.05, 3.63) is 53.4 Å². The van der Waals surface area contributed by atoms with E-state index in [1.54, 1.807) is 13.3 Å². The van der Waals surface area contributed by atoms with E-state index in [1.165, 1.54) is 6.42 Å². The Balaban J connectivity index is 0.00000117. The molecule has 0 unspecified atom stereocenters. The van der Waals surface area contributed by atoms with Crippen LogP contribution in [0.25, 0.3) is 17.7 Å². The first-order valence-electron chi connectivity index (χ1n) is 10.4. The van der Waals surface area contributed by atoms with Gasteiger partial charge in [-0.2, -0.15) is 0 Å². The predicted octanol–water partition coefficient (Wildman–Crippen LogP) is 5.25. The second kappa shape index (κ2) is 9.14. The molecule has 29 heavy (non-hydrogen) atoms. The number of hydrogen-bond donors (Lipinski definition) is 3. The van der Waals surface area contributed by atoms with Gasteiger partial charge in [-0.3, -0.25) is 4.79 Å². The smallest absolute Gasteiger partial charge is 0.256 e.